The highest BCUT2D eigenvalue weighted by atomic mass is 16.4. The summed E-state index contributed by atoms with van der Waals surface area (Å²) in [5.74, 6) is 0.300. The number of fused-ring (bicyclic) bond motifs is 2. The van der Waals surface area contributed by atoms with Gasteiger partial charge < -0.3 is 5.11 Å². The summed E-state index contributed by atoms with van der Waals surface area (Å²) < 4.78 is 0. The van der Waals surface area contributed by atoms with Gasteiger partial charge in [0.05, 0.1) is 5.92 Å². The largest absolute Gasteiger partial charge is 0.481 e. The van der Waals surface area contributed by atoms with Crippen LogP contribution >= 0.6 is 0 Å². The van der Waals surface area contributed by atoms with E-state index in [1.165, 1.54) is 6.42 Å². The van der Waals surface area contributed by atoms with Gasteiger partial charge in [0.25, 0.3) is 0 Å². The van der Waals surface area contributed by atoms with Crippen LogP contribution in [-0.4, -0.2) is 11.1 Å². The first-order chi connectivity index (χ1) is 6.91. The first kappa shape index (κ1) is 10.7. The number of hydrogen-bond acceptors (Lipinski definition) is 1. The predicted octanol–water partition coefficient (Wildman–Crippen LogP) is 2.95. The van der Waals surface area contributed by atoms with E-state index in [1.807, 2.05) is 0 Å². The minimum Gasteiger partial charge on any atom is -0.481 e. The third kappa shape index (κ3) is 1.70. The molecular formula is C13H20O2. The van der Waals surface area contributed by atoms with Crippen LogP contribution in [0, 0.1) is 29.1 Å². The second kappa shape index (κ2) is 3.36. The van der Waals surface area contributed by atoms with Gasteiger partial charge in [-0.25, -0.2) is 0 Å². The average Bonchev–Trinajstić information content (AvgIpc) is 2.16. The number of allylic oxidation sites excluding steroid dienone is 2. The van der Waals surface area contributed by atoms with Gasteiger partial charge in [0.2, 0.25) is 0 Å². The van der Waals surface area contributed by atoms with Crippen LogP contribution < -0.4 is 0 Å². The van der Waals surface area contributed by atoms with Crippen molar-refractivity contribution in [2.24, 2.45) is 29.1 Å². The van der Waals surface area contributed by atoms with E-state index in [9.17, 15) is 9.90 Å². The van der Waals surface area contributed by atoms with Crippen LogP contribution in [0.3, 0.4) is 0 Å². The molecular weight excluding hydrogens is 188 g/mol. The lowest BCUT2D eigenvalue weighted by Crippen LogP contribution is -2.47. The minimum absolute atomic E-state index is 0.0944. The molecule has 3 aliphatic carbocycles. The number of carbonyl (C=O) groups is 1. The molecule has 0 aromatic rings. The second-order valence-electron chi connectivity index (χ2n) is 6.05. The van der Waals surface area contributed by atoms with Gasteiger partial charge in [0.15, 0.2) is 0 Å². The lowest BCUT2D eigenvalue weighted by Gasteiger charge is -2.49. The van der Waals surface area contributed by atoms with Gasteiger partial charge in [-0.2, -0.15) is 0 Å². The van der Waals surface area contributed by atoms with Crippen molar-refractivity contribution in [1.29, 1.82) is 0 Å². The molecule has 1 saturated carbocycles. The summed E-state index contributed by atoms with van der Waals surface area (Å²) in [4.78, 5) is 11.4. The zero-order valence-electron chi connectivity index (χ0n) is 9.73. The summed E-state index contributed by atoms with van der Waals surface area (Å²) in [6, 6.07) is 0. The smallest absolute Gasteiger partial charge is 0.307 e. The van der Waals surface area contributed by atoms with Crippen LogP contribution in [0.2, 0.25) is 0 Å². The van der Waals surface area contributed by atoms with Crippen molar-refractivity contribution >= 4 is 5.97 Å². The number of carboxylic acid groups (broad SMARTS) is 1. The molecule has 0 heterocycles. The minimum atomic E-state index is -0.603. The molecule has 0 aliphatic heterocycles. The lowest BCUT2D eigenvalue weighted by molar-refractivity contribution is -0.151. The normalized spacial score (nSPS) is 39.4. The summed E-state index contributed by atoms with van der Waals surface area (Å²) in [5, 5.41) is 9.36. The Morgan fingerprint density at radius 1 is 1.20 bits per heavy atom. The Balaban J connectivity index is 2.35. The van der Waals surface area contributed by atoms with E-state index >= 15 is 0 Å². The van der Waals surface area contributed by atoms with Gasteiger partial charge in [0.1, 0.15) is 0 Å². The average molecular weight is 208 g/mol. The first-order valence-corrected chi connectivity index (χ1v) is 5.82. The van der Waals surface area contributed by atoms with E-state index in [1.54, 1.807) is 0 Å². The Morgan fingerprint density at radius 3 is 2.07 bits per heavy atom. The van der Waals surface area contributed by atoms with Crippen molar-refractivity contribution in [3.8, 4) is 0 Å². The van der Waals surface area contributed by atoms with Crippen molar-refractivity contribution in [2.45, 2.75) is 33.6 Å². The zero-order chi connectivity index (χ0) is 11.2. The topological polar surface area (TPSA) is 37.3 Å². The molecule has 0 radical (unpaired) electrons. The molecule has 0 amide bonds. The van der Waals surface area contributed by atoms with E-state index in [-0.39, 0.29) is 17.3 Å². The van der Waals surface area contributed by atoms with Gasteiger partial charge in [0, 0.05) is 0 Å². The van der Waals surface area contributed by atoms with Gasteiger partial charge in [-0.05, 0) is 36.0 Å². The fourth-order valence-corrected chi connectivity index (χ4v) is 3.51. The molecule has 0 aromatic heterocycles. The number of carboxylic acids is 1. The highest BCUT2D eigenvalue weighted by molar-refractivity contribution is 5.72. The quantitative estimate of drug-likeness (QED) is 0.673. The summed E-state index contributed by atoms with van der Waals surface area (Å²) in [6.07, 6.45) is 6.62. The van der Waals surface area contributed by atoms with Crippen molar-refractivity contribution in [3.63, 3.8) is 0 Å². The summed E-state index contributed by atoms with van der Waals surface area (Å²) in [7, 11) is 0. The number of aliphatic carboxylic acids is 1. The Kier molecular flexibility index (Phi) is 2.40. The third-order valence-corrected chi connectivity index (χ3v) is 4.03. The van der Waals surface area contributed by atoms with Crippen molar-refractivity contribution in [1.82, 2.24) is 0 Å². The van der Waals surface area contributed by atoms with Crippen molar-refractivity contribution in [3.05, 3.63) is 12.2 Å². The Morgan fingerprint density at radius 2 is 1.73 bits per heavy atom. The molecule has 3 aliphatic rings. The number of hydrogen-bond donors (Lipinski definition) is 1. The molecule has 1 fully saturated rings. The van der Waals surface area contributed by atoms with E-state index in [0.29, 0.717) is 11.8 Å². The maximum atomic E-state index is 11.4. The van der Waals surface area contributed by atoms with Crippen LogP contribution in [0.4, 0.5) is 0 Å². The molecule has 1 N–H and O–H groups in total. The maximum Gasteiger partial charge on any atom is 0.307 e. The predicted molar refractivity (Wildman–Crippen MR) is 59.4 cm³/mol. The van der Waals surface area contributed by atoms with Crippen LogP contribution in [-0.2, 0) is 4.79 Å². The molecule has 15 heavy (non-hydrogen) atoms. The first-order valence-electron chi connectivity index (χ1n) is 5.82. The molecule has 0 aromatic carbocycles. The zero-order valence-corrected chi connectivity index (χ0v) is 9.73. The fourth-order valence-electron chi connectivity index (χ4n) is 3.51. The Bertz CT molecular complexity index is 298. The van der Waals surface area contributed by atoms with Crippen molar-refractivity contribution in [2.75, 3.05) is 0 Å². The van der Waals surface area contributed by atoms with Gasteiger partial charge >= 0.3 is 5.97 Å². The Hall–Kier alpha value is -0.790. The monoisotopic (exact) mass is 208 g/mol. The van der Waals surface area contributed by atoms with E-state index in [2.05, 4.69) is 32.9 Å². The standard InChI is InChI=1S/C13H20O2/c1-13(2,3)11-9-6-4-8(5-7-9)10(11)12(14)15/h4,6,8-11H,5,7H2,1-3H3,(H,14,15). The van der Waals surface area contributed by atoms with Gasteiger partial charge in [-0.1, -0.05) is 32.9 Å². The van der Waals surface area contributed by atoms with Crippen LogP contribution in [0.15, 0.2) is 12.2 Å². The SMILES string of the molecule is CC(C)(C)C1C2C=CC(CC2)C1C(=O)O. The molecule has 3 rings (SSSR count). The second-order valence-corrected chi connectivity index (χ2v) is 6.05. The van der Waals surface area contributed by atoms with E-state index < -0.39 is 5.97 Å². The molecule has 84 valence electrons. The Labute approximate surface area is 91.4 Å². The fraction of sp³-hybridized carbons (Fsp3) is 0.769. The molecule has 2 nitrogen and oxygen atoms in total. The molecule has 0 spiro atoms. The highest BCUT2D eigenvalue weighted by Crippen LogP contribution is 2.51. The molecule has 4 unspecified atom stereocenters. The van der Waals surface area contributed by atoms with Crippen LogP contribution in [0.25, 0.3) is 0 Å². The van der Waals surface area contributed by atoms with Crippen LogP contribution in [0.5, 0.6) is 0 Å². The van der Waals surface area contributed by atoms with Crippen molar-refractivity contribution < 1.29 is 9.90 Å². The maximum absolute atomic E-state index is 11.4. The van der Waals surface area contributed by atoms with Gasteiger partial charge in [-0.3, -0.25) is 4.79 Å². The molecule has 0 saturated heterocycles. The highest BCUT2D eigenvalue weighted by Gasteiger charge is 2.49. The summed E-state index contributed by atoms with van der Waals surface area (Å²) in [5.41, 5.74) is 0.0944. The summed E-state index contributed by atoms with van der Waals surface area (Å²) >= 11 is 0. The third-order valence-electron chi connectivity index (χ3n) is 4.03. The lowest BCUT2D eigenvalue weighted by atomic mass is 9.55. The molecule has 4 atom stereocenters. The van der Waals surface area contributed by atoms with E-state index in [0.717, 1.165) is 6.42 Å². The van der Waals surface area contributed by atoms with Crippen LogP contribution in [0.1, 0.15) is 33.6 Å². The van der Waals surface area contributed by atoms with E-state index in [4.69, 9.17) is 0 Å². The molecule has 2 heteroatoms. The summed E-state index contributed by atoms with van der Waals surface area (Å²) in [6.45, 7) is 6.51. The van der Waals surface area contributed by atoms with Gasteiger partial charge in [-0.15, -0.1) is 0 Å². The number of rotatable bonds is 1. The molecule has 2 bridgehead atoms.